The molecule has 0 amide bonds. The van der Waals surface area contributed by atoms with Gasteiger partial charge in [0.2, 0.25) is 0 Å². The molecule has 19 heavy (non-hydrogen) atoms. The number of hydrogen-bond donors (Lipinski definition) is 1. The molecule has 0 atom stereocenters. The predicted octanol–water partition coefficient (Wildman–Crippen LogP) is 2.35. The van der Waals surface area contributed by atoms with Gasteiger partial charge in [0, 0.05) is 25.3 Å². The van der Waals surface area contributed by atoms with E-state index < -0.39 is 5.82 Å². The number of aliphatic hydroxyl groups excluding tert-OH is 1. The van der Waals surface area contributed by atoms with Crippen LogP contribution in [0.4, 0.5) is 10.2 Å². The first kappa shape index (κ1) is 15.9. The van der Waals surface area contributed by atoms with Crippen LogP contribution in [0.2, 0.25) is 0 Å². The molecule has 0 aliphatic rings. The number of pyridine rings is 1. The molecule has 0 aliphatic heterocycles. The van der Waals surface area contributed by atoms with Crippen LogP contribution >= 0.6 is 0 Å². The Morgan fingerprint density at radius 3 is 2.63 bits per heavy atom. The van der Waals surface area contributed by atoms with Crippen LogP contribution in [0.5, 0.6) is 0 Å². The van der Waals surface area contributed by atoms with Crippen LogP contribution in [-0.2, 0) is 11.3 Å². The van der Waals surface area contributed by atoms with E-state index in [9.17, 15) is 9.50 Å². The highest BCUT2D eigenvalue weighted by Crippen LogP contribution is 2.23. The van der Waals surface area contributed by atoms with Gasteiger partial charge >= 0.3 is 0 Å². The number of methoxy groups -OCH3 is 1. The first-order valence-electron chi connectivity index (χ1n) is 6.68. The number of rotatable bonds is 8. The summed E-state index contributed by atoms with van der Waals surface area (Å²) in [5.74, 6) is 0.221. The largest absolute Gasteiger partial charge is 0.392 e. The van der Waals surface area contributed by atoms with E-state index in [4.69, 9.17) is 4.74 Å². The highest BCUT2D eigenvalue weighted by Gasteiger charge is 2.19. The van der Waals surface area contributed by atoms with Crippen molar-refractivity contribution in [3.8, 4) is 0 Å². The van der Waals surface area contributed by atoms with Crippen molar-refractivity contribution >= 4 is 5.82 Å². The summed E-state index contributed by atoms with van der Waals surface area (Å²) in [4.78, 5) is 6.25. The molecule has 0 fully saturated rings. The SMILES string of the molecule is CCC(CC)N(CCOC)c1ncc(F)cc1CO. The van der Waals surface area contributed by atoms with Crippen molar-refractivity contribution in [1.29, 1.82) is 0 Å². The molecule has 1 aromatic rings. The maximum Gasteiger partial charge on any atom is 0.142 e. The number of hydrogen-bond acceptors (Lipinski definition) is 4. The van der Waals surface area contributed by atoms with E-state index in [1.165, 1.54) is 12.3 Å². The van der Waals surface area contributed by atoms with E-state index in [0.29, 0.717) is 30.6 Å². The maximum absolute atomic E-state index is 13.2. The molecular formula is C14H23FN2O2. The van der Waals surface area contributed by atoms with Gasteiger partial charge in [0.15, 0.2) is 0 Å². The second-order valence-corrected chi connectivity index (χ2v) is 4.45. The average Bonchev–Trinajstić information content (AvgIpc) is 2.43. The Kier molecular flexibility index (Phi) is 6.73. The Labute approximate surface area is 114 Å². The standard InChI is InChI=1S/C14H23FN2O2/c1-4-13(5-2)17(6-7-19-3)14-11(10-18)8-12(15)9-16-14/h8-9,13,18H,4-7,10H2,1-3H3. The smallest absolute Gasteiger partial charge is 0.142 e. The molecule has 0 spiro atoms. The molecule has 1 aromatic heterocycles. The summed E-state index contributed by atoms with van der Waals surface area (Å²) in [6, 6.07) is 1.64. The normalized spacial score (nSPS) is 11.1. The lowest BCUT2D eigenvalue weighted by molar-refractivity contribution is 0.202. The zero-order valence-corrected chi connectivity index (χ0v) is 11.9. The van der Waals surface area contributed by atoms with Crippen LogP contribution in [0.25, 0.3) is 0 Å². The van der Waals surface area contributed by atoms with E-state index in [2.05, 4.69) is 23.7 Å². The van der Waals surface area contributed by atoms with E-state index in [1.54, 1.807) is 7.11 Å². The molecule has 0 saturated heterocycles. The number of ether oxygens (including phenoxy) is 1. The minimum atomic E-state index is -0.427. The molecule has 4 nitrogen and oxygen atoms in total. The molecule has 1 N–H and O–H groups in total. The zero-order chi connectivity index (χ0) is 14.3. The molecule has 0 aromatic carbocycles. The van der Waals surface area contributed by atoms with Crippen molar-refractivity contribution in [2.24, 2.45) is 0 Å². The van der Waals surface area contributed by atoms with Gasteiger partial charge in [-0.25, -0.2) is 9.37 Å². The minimum Gasteiger partial charge on any atom is -0.392 e. The Morgan fingerprint density at radius 2 is 2.11 bits per heavy atom. The lowest BCUT2D eigenvalue weighted by Crippen LogP contribution is -2.38. The Bertz CT molecular complexity index is 384. The maximum atomic E-state index is 13.2. The Hall–Kier alpha value is -1.20. The molecule has 0 saturated carbocycles. The topological polar surface area (TPSA) is 45.6 Å². The van der Waals surface area contributed by atoms with Gasteiger partial charge in [-0.3, -0.25) is 0 Å². The van der Waals surface area contributed by atoms with Gasteiger partial charge in [-0.1, -0.05) is 13.8 Å². The number of aromatic nitrogens is 1. The summed E-state index contributed by atoms with van der Waals surface area (Å²) >= 11 is 0. The second-order valence-electron chi connectivity index (χ2n) is 4.45. The van der Waals surface area contributed by atoms with Crippen molar-refractivity contribution in [1.82, 2.24) is 4.98 Å². The van der Waals surface area contributed by atoms with Crippen LogP contribution in [0.3, 0.4) is 0 Å². The van der Waals surface area contributed by atoms with Crippen LogP contribution in [0.15, 0.2) is 12.3 Å². The molecule has 0 aliphatic carbocycles. The summed E-state index contributed by atoms with van der Waals surface area (Å²) in [6.45, 7) is 5.24. The highest BCUT2D eigenvalue weighted by atomic mass is 19.1. The van der Waals surface area contributed by atoms with Gasteiger partial charge in [-0.05, 0) is 18.9 Å². The van der Waals surface area contributed by atoms with Crippen molar-refractivity contribution in [3.63, 3.8) is 0 Å². The number of aliphatic hydroxyl groups is 1. The van der Waals surface area contributed by atoms with Crippen LogP contribution in [-0.4, -0.2) is 36.4 Å². The third-order valence-electron chi connectivity index (χ3n) is 3.27. The molecule has 0 unspecified atom stereocenters. The first-order valence-corrected chi connectivity index (χ1v) is 6.68. The van der Waals surface area contributed by atoms with E-state index in [-0.39, 0.29) is 6.61 Å². The van der Waals surface area contributed by atoms with Crippen molar-refractivity contribution in [2.75, 3.05) is 25.2 Å². The number of anilines is 1. The molecule has 108 valence electrons. The first-order chi connectivity index (χ1) is 9.17. The second kappa shape index (κ2) is 8.07. The highest BCUT2D eigenvalue weighted by molar-refractivity contribution is 5.47. The van der Waals surface area contributed by atoms with Crippen LogP contribution < -0.4 is 4.90 Å². The average molecular weight is 270 g/mol. The Balaban J connectivity index is 3.08. The van der Waals surface area contributed by atoms with E-state index >= 15 is 0 Å². The fourth-order valence-corrected chi connectivity index (χ4v) is 2.23. The molecule has 1 rings (SSSR count). The van der Waals surface area contributed by atoms with Crippen molar-refractivity contribution in [2.45, 2.75) is 39.3 Å². The van der Waals surface area contributed by atoms with Gasteiger partial charge in [-0.2, -0.15) is 0 Å². The lowest BCUT2D eigenvalue weighted by atomic mass is 10.1. The lowest BCUT2D eigenvalue weighted by Gasteiger charge is -2.32. The zero-order valence-electron chi connectivity index (χ0n) is 11.9. The summed E-state index contributed by atoms with van der Waals surface area (Å²) in [5, 5.41) is 9.38. The van der Waals surface area contributed by atoms with Gasteiger partial charge in [0.05, 0.1) is 19.4 Å². The monoisotopic (exact) mass is 270 g/mol. The minimum absolute atomic E-state index is 0.219. The third-order valence-corrected chi connectivity index (χ3v) is 3.27. The number of halogens is 1. The fourth-order valence-electron chi connectivity index (χ4n) is 2.23. The van der Waals surface area contributed by atoms with Gasteiger partial charge in [0.25, 0.3) is 0 Å². The van der Waals surface area contributed by atoms with Gasteiger partial charge in [-0.15, -0.1) is 0 Å². The van der Waals surface area contributed by atoms with Crippen LogP contribution in [0.1, 0.15) is 32.3 Å². The van der Waals surface area contributed by atoms with Gasteiger partial charge < -0.3 is 14.7 Å². The summed E-state index contributed by atoms with van der Waals surface area (Å²) in [5.41, 5.74) is 0.517. The van der Waals surface area contributed by atoms with Gasteiger partial charge in [0.1, 0.15) is 11.6 Å². The molecule has 0 bridgehead atoms. The molecule has 1 heterocycles. The van der Waals surface area contributed by atoms with Crippen LogP contribution in [0, 0.1) is 5.82 Å². The quantitative estimate of drug-likeness (QED) is 0.787. The summed E-state index contributed by atoms with van der Waals surface area (Å²) in [6.07, 6.45) is 3.12. The molecular weight excluding hydrogens is 247 g/mol. The van der Waals surface area contributed by atoms with Crippen molar-refractivity contribution < 1.29 is 14.2 Å². The third kappa shape index (κ3) is 4.14. The van der Waals surface area contributed by atoms with Crippen molar-refractivity contribution in [3.05, 3.63) is 23.6 Å². The predicted molar refractivity (Wildman–Crippen MR) is 73.7 cm³/mol. The molecule has 0 radical (unpaired) electrons. The van der Waals surface area contributed by atoms with E-state index in [0.717, 1.165) is 12.8 Å². The summed E-state index contributed by atoms with van der Waals surface area (Å²) < 4.78 is 18.3. The fraction of sp³-hybridized carbons (Fsp3) is 0.643. The molecule has 5 heteroatoms. The van der Waals surface area contributed by atoms with E-state index in [1.807, 2.05) is 0 Å². The Morgan fingerprint density at radius 1 is 1.42 bits per heavy atom. The number of nitrogens with zero attached hydrogens (tertiary/aromatic N) is 2. The summed E-state index contributed by atoms with van der Waals surface area (Å²) in [7, 11) is 1.65.